The number of rotatable bonds is 8. The molecule has 0 aliphatic carbocycles. The lowest BCUT2D eigenvalue weighted by molar-refractivity contribution is 0.204. The largest absolute Gasteiger partial charge is 0.476 e. The van der Waals surface area contributed by atoms with E-state index in [2.05, 4.69) is 23.7 Å². The first-order valence-corrected chi connectivity index (χ1v) is 6.71. The van der Waals surface area contributed by atoms with Gasteiger partial charge in [0.25, 0.3) is 0 Å². The molecule has 0 radical (unpaired) electrons. The molecule has 0 atom stereocenters. The maximum Gasteiger partial charge on any atom is 0.239 e. The summed E-state index contributed by atoms with van der Waals surface area (Å²) >= 11 is 0. The minimum absolute atomic E-state index is 0.506. The number of ether oxygens (including phenoxy) is 2. The Bertz CT molecular complexity index is 383. The van der Waals surface area contributed by atoms with Crippen molar-refractivity contribution >= 4 is 11.5 Å². The van der Waals surface area contributed by atoms with Crippen LogP contribution in [0.4, 0.5) is 11.5 Å². The summed E-state index contributed by atoms with van der Waals surface area (Å²) in [4.78, 5) is 6.68. The number of nitrogen functional groups attached to an aromatic ring is 1. The Kier molecular flexibility index (Phi) is 6.42. The van der Waals surface area contributed by atoms with Crippen LogP contribution < -0.4 is 15.4 Å². The topological polar surface area (TPSA) is 60.6 Å². The van der Waals surface area contributed by atoms with Gasteiger partial charge in [0.15, 0.2) is 0 Å². The summed E-state index contributed by atoms with van der Waals surface area (Å²) in [6.07, 6.45) is 0. The quantitative estimate of drug-likeness (QED) is 0.782. The van der Waals surface area contributed by atoms with Crippen LogP contribution in [0.15, 0.2) is 12.1 Å². The monoisotopic (exact) mass is 267 g/mol. The number of methoxy groups -OCH3 is 1. The molecular weight excluding hydrogens is 242 g/mol. The molecule has 0 aliphatic rings. The van der Waals surface area contributed by atoms with E-state index >= 15 is 0 Å². The van der Waals surface area contributed by atoms with Gasteiger partial charge < -0.3 is 20.1 Å². The van der Waals surface area contributed by atoms with Gasteiger partial charge in [-0.1, -0.05) is 13.8 Å². The van der Waals surface area contributed by atoms with Crippen molar-refractivity contribution in [2.45, 2.75) is 20.8 Å². The minimum atomic E-state index is 0.506. The van der Waals surface area contributed by atoms with E-state index in [4.69, 9.17) is 15.2 Å². The van der Waals surface area contributed by atoms with Gasteiger partial charge in [-0.25, -0.2) is 0 Å². The number of nitrogens with zero attached hydrogens (tertiary/aromatic N) is 2. The Balaban J connectivity index is 2.90. The van der Waals surface area contributed by atoms with Gasteiger partial charge in [-0.05, 0) is 25.0 Å². The average molecular weight is 267 g/mol. The van der Waals surface area contributed by atoms with Crippen LogP contribution in [0.2, 0.25) is 0 Å². The highest BCUT2D eigenvalue weighted by Gasteiger charge is 2.12. The standard InChI is InChI=1S/C14H25N3O2/c1-5-19-14-12(15)6-7-13(16-14)17(8-9-18-4)10-11(2)3/h6-7,11H,5,8-10,15H2,1-4H3. The zero-order chi connectivity index (χ0) is 14.3. The van der Waals surface area contributed by atoms with Crippen LogP contribution in [0.1, 0.15) is 20.8 Å². The van der Waals surface area contributed by atoms with Crippen LogP contribution in [-0.4, -0.2) is 38.4 Å². The third-order valence-electron chi connectivity index (χ3n) is 2.63. The lowest BCUT2D eigenvalue weighted by atomic mass is 10.2. The van der Waals surface area contributed by atoms with Gasteiger partial charge in [0, 0.05) is 20.2 Å². The fourth-order valence-electron chi connectivity index (χ4n) is 1.81. The summed E-state index contributed by atoms with van der Waals surface area (Å²) in [6.45, 7) is 9.24. The summed E-state index contributed by atoms with van der Waals surface area (Å²) in [7, 11) is 1.70. The molecule has 0 saturated carbocycles. The van der Waals surface area contributed by atoms with Crippen LogP contribution >= 0.6 is 0 Å². The predicted molar refractivity (Wildman–Crippen MR) is 78.7 cm³/mol. The van der Waals surface area contributed by atoms with Crippen molar-refractivity contribution in [1.29, 1.82) is 0 Å². The Hall–Kier alpha value is -1.49. The van der Waals surface area contributed by atoms with Gasteiger partial charge in [0.05, 0.1) is 18.9 Å². The highest BCUT2D eigenvalue weighted by Crippen LogP contribution is 2.23. The van der Waals surface area contributed by atoms with Crippen molar-refractivity contribution in [1.82, 2.24) is 4.98 Å². The number of hydrogen-bond donors (Lipinski definition) is 1. The van der Waals surface area contributed by atoms with Crippen LogP contribution in [0.25, 0.3) is 0 Å². The number of aromatic nitrogens is 1. The van der Waals surface area contributed by atoms with E-state index in [0.29, 0.717) is 30.7 Å². The molecule has 0 aliphatic heterocycles. The van der Waals surface area contributed by atoms with Crippen LogP contribution in [0, 0.1) is 5.92 Å². The molecule has 0 unspecified atom stereocenters. The summed E-state index contributed by atoms with van der Waals surface area (Å²) in [5, 5.41) is 0. The van der Waals surface area contributed by atoms with Crippen LogP contribution in [0.3, 0.4) is 0 Å². The Labute approximate surface area is 115 Å². The summed E-state index contributed by atoms with van der Waals surface area (Å²) in [6, 6.07) is 3.77. The van der Waals surface area contributed by atoms with E-state index in [1.54, 1.807) is 7.11 Å². The van der Waals surface area contributed by atoms with E-state index in [0.717, 1.165) is 18.9 Å². The van der Waals surface area contributed by atoms with E-state index in [-0.39, 0.29) is 0 Å². The smallest absolute Gasteiger partial charge is 0.239 e. The van der Waals surface area contributed by atoms with Gasteiger partial charge in [-0.15, -0.1) is 0 Å². The second kappa shape index (κ2) is 7.84. The molecule has 0 bridgehead atoms. The maximum absolute atomic E-state index is 5.85. The number of nitrogens with two attached hydrogens (primary N) is 1. The molecule has 108 valence electrons. The summed E-state index contributed by atoms with van der Waals surface area (Å²) in [5.41, 5.74) is 6.42. The molecule has 1 heterocycles. The highest BCUT2D eigenvalue weighted by atomic mass is 16.5. The molecule has 0 fully saturated rings. The van der Waals surface area contributed by atoms with Crippen molar-refractivity contribution in [2.24, 2.45) is 5.92 Å². The van der Waals surface area contributed by atoms with E-state index < -0.39 is 0 Å². The van der Waals surface area contributed by atoms with E-state index in [1.807, 2.05) is 19.1 Å². The third kappa shape index (κ3) is 4.95. The minimum Gasteiger partial charge on any atom is -0.476 e. The molecule has 0 aromatic carbocycles. The third-order valence-corrected chi connectivity index (χ3v) is 2.63. The van der Waals surface area contributed by atoms with Gasteiger partial charge in [-0.2, -0.15) is 4.98 Å². The molecule has 1 rings (SSSR count). The molecule has 5 heteroatoms. The lowest BCUT2D eigenvalue weighted by Crippen LogP contribution is -2.31. The zero-order valence-corrected chi connectivity index (χ0v) is 12.3. The molecule has 5 nitrogen and oxygen atoms in total. The second-order valence-corrected chi connectivity index (χ2v) is 4.83. The molecule has 0 saturated heterocycles. The van der Waals surface area contributed by atoms with Crippen LogP contribution in [0.5, 0.6) is 5.88 Å². The van der Waals surface area contributed by atoms with E-state index in [9.17, 15) is 0 Å². The highest BCUT2D eigenvalue weighted by molar-refractivity contribution is 5.54. The molecule has 1 aromatic rings. The lowest BCUT2D eigenvalue weighted by Gasteiger charge is -2.25. The zero-order valence-electron chi connectivity index (χ0n) is 12.3. The molecule has 2 N–H and O–H groups in total. The Morgan fingerprint density at radius 2 is 2.11 bits per heavy atom. The molecule has 0 amide bonds. The number of hydrogen-bond acceptors (Lipinski definition) is 5. The van der Waals surface area contributed by atoms with Crippen LogP contribution in [-0.2, 0) is 4.74 Å². The van der Waals surface area contributed by atoms with Crippen molar-refractivity contribution in [3.8, 4) is 5.88 Å². The first-order valence-electron chi connectivity index (χ1n) is 6.71. The molecule has 1 aromatic heterocycles. The first kappa shape index (κ1) is 15.6. The molecule has 0 spiro atoms. The van der Waals surface area contributed by atoms with Gasteiger partial charge in [0.2, 0.25) is 5.88 Å². The molecular formula is C14H25N3O2. The van der Waals surface area contributed by atoms with Gasteiger partial charge >= 0.3 is 0 Å². The normalized spacial score (nSPS) is 10.8. The average Bonchev–Trinajstić information content (AvgIpc) is 2.37. The number of anilines is 2. The summed E-state index contributed by atoms with van der Waals surface area (Å²) < 4.78 is 10.6. The maximum atomic E-state index is 5.85. The SMILES string of the molecule is CCOc1nc(N(CCOC)CC(C)C)ccc1N. The van der Waals surface area contributed by atoms with Crippen molar-refractivity contribution in [3.05, 3.63) is 12.1 Å². The van der Waals surface area contributed by atoms with Crippen molar-refractivity contribution < 1.29 is 9.47 Å². The van der Waals surface area contributed by atoms with E-state index in [1.165, 1.54) is 0 Å². The first-order chi connectivity index (χ1) is 9.08. The summed E-state index contributed by atoms with van der Waals surface area (Å²) in [5.74, 6) is 1.93. The van der Waals surface area contributed by atoms with Crippen molar-refractivity contribution in [2.75, 3.05) is 44.0 Å². The fourth-order valence-corrected chi connectivity index (χ4v) is 1.81. The molecule has 19 heavy (non-hydrogen) atoms. The Morgan fingerprint density at radius 1 is 1.37 bits per heavy atom. The van der Waals surface area contributed by atoms with Gasteiger partial charge in [0.1, 0.15) is 5.82 Å². The Morgan fingerprint density at radius 3 is 2.68 bits per heavy atom. The van der Waals surface area contributed by atoms with Crippen molar-refractivity contribution in [3.63, 3.8) is 0 Å². The fraction of sp³-hybridized carbons (Fsp3) is 0.643. The predicted octanol–water partition coefficient (Wildman–Crippen LogP) is 2.17. The van der Waals surface area contributed by atoms with Gasteiger partial charge in [-0.3, -0.25) is 0 Å². The second-order valence-electron chi connectivity index (χ2n) is 4.83. The number of pyridine rings is 1.